The second kappa shape index (κ2) is 5.86. The first-order chi connectivity index (χ1) is 10.1. The van der Waals surface area contributed by atoms with Gasteiger partial charge in [-0.3, -0.25) is 9.59 Å². The molecule has 0 radical (unpaired) electrons. The molecule has 1 heterocycles. The minimum atomic E-state index is -3.79. The van der Waals surface area contributed by atoms with Crippen LogP contribution in [0, 0.1) is 0 Å². The molecule has 1 fully saturated rings. The Balaban J connectivity index is 2.36. The molecule has 9 heteroatoms. The van der Waals surface area contributed by atoms with Gasteiger partial charge in [-0.1, -0.05) is 11.6 Å². The van der Waals surface area contributed by atoms with Crippen LogP contribution < -0.4 is 10.0 Å². The number of carbonyl (C=O) groups excluding carboxylic acids is 2. The standard InChI is InChI=1S/C13H16ClN3O4S/c1-16(2)13(19)10-5-8(3-4-11(10)14)17-7-9(6-12(17)18)22(15,20)21/h3-5,9H,6-7H2,1-2H3,(H2,15,20,21). The van der Waals surface area contributed by atoms with Gasteiger partial charge in [0.25, 0.3) is 5.91 Å². The third-order valence-electron chi connectivity index (χ3n) is 3.45. The van der Waals surface area contributed by atoms with E-state index in [0.29, 0.717) is 5.69 Å². The van der Waals surface area contributed by atoms with Crippen molar-refractivity contribution >= 4 is 39.1 Å². The van der Waals surface area contributed by atoms with Gasteiger partial charge in [-0.25, -0.2) is 13.6 Å². The lowest BCUT2D eigenvalue weighted by molar-refractivity contribution is -0.117. The fourth-order valence-corrected chi connectivity index (χ4v) is 3.16. The van der Waals surface area contributed by atoms with E-state index in [9.17, 15) is 18.0 Å². The predicted molar refractivity (Wildman–Crippen MR) is 83.3 cm³/mol. The van der Waals surface area contributed by atoms with Crippen molar-refractivity contribution in [3.8, 4) is 0 Å². The molecule has 1 atom stereocenters. The number of primary sulfonamides is 1. The summed E-state index contributed by atoms with van der Waals surface area (Å²) in [6.07, 6.45) is -0.168. The highest BCUT2D eigenvalue weighted by Crippen LogP contribution is 2.28. The summed E-state index contributed by atoms with van der Waals surface area (Å²) in [4.78, 5) is 26.7. The largest absolute Gasteiger partial charge is 0.345 e. The Hall–Kier alpha value is -1.64. The fraction of sp³-hybridized carbons (Fsp3) is 0.385. The second-order valence-electron chi connectivity index (χ2n) is 5.28. The maximum Gasteiger partial charge on any atom is 0.254 e. The molecule has 1 saturated heterocycles. The zero-order valence-corrected chi connectivity index (χ0v) is 13.7. The normalized spacial score (nSPS) is 18.6. The van der Waals surface area contributed by atoms with Crippen molar-refractivity contribution in [2.45, 2.75) is 11.7 Å². The SMILES string of the molecule is CN(C)C(=O)c1cc(N2CC(S(N)(=O)=O)CC2=O)ccc1Cl. The molecule has 22 heavy (non-hydrogen) atoms. The van der Waals surface area contributed by atoms with Gasteiger partial charge in [0.15, 0.2) is 0 Å². The molecule has 2 rings (SSSR count). The molecular weight excluding hydrogens is 330 g/mol. The number of hydrogen-bond acceptors (Lipinski definition) is 4. The number of benzene rings is 1. The first-order valence-corrected chi connectivity index (χ1v) is 8.43. The average molecular weight is 346 g/mol. The van der Waals surface area contributed by atoms with Crippen LogP contribution in [-0.2, 0) is 14.8 Å². The van der Waals surface area contributed by atoms with Gasteiger partial charge in [0.2, 0.25) is 15.9 Å². The molecule has 120 valence electrons. The summed E-state index contributed by atoms with van der Waals surface area (Å²) >= 11 is 6.01. The summed E-state index contributed by atoms with van der Waals surface area (Å²) in [5, 5.41) is 4.42. The Bertz CT molecular complexity index is 733. The molecule has 2 amide bonds. The van der Waals surface area contributed by atoms with Gasteiger partial charge in [0.1, 0.15) is 5.25 Å². The molecule has 1 aromatic rings. The van der Waals surface area contributed by atoms with Crippen LogP contribution in [-0.4, -0.2) is 51.0 Å². The van der Waals surface area contributed by atoms with Crippen LogP contribution in [0.1, 0.15) is 16.8 Å². The van der Waals surface area contributed by atoms with Crippen molar-refractivity contribution in [3.05, 3.63) is 28.8 Å². The summed E-state index contributed by atoms with van der Waals surface area (Å²) in [6, 6.07) is 4.55. The van der Waals surface area contributed by atoms with E-state index < -0.39 is 15.3 Å². The van der Waals surface area contributed by atoms with E-state index in [1.807, 2.05) is 0 Å². The smallest absolute Gasteiger partial charge is 0.254 e. The summed E-state index contributed by atoms with van der Waals surface area (Å²) in [5.74, 6) is -0.661. The molecule has 0 spiro atoms. The summed E-state index contributed by atoms with van der Waals surface area (Å²) in [6.45, 7) is -0.0328. The van der Waals surface area contributed by atoms with Crippen LogP contribution in [0.25, 0.3) is 0 Å². The Morgan fingerprint density at radius 1 is 1.41 bits per heavy atom. The maximum absolute atomic E-state index is 12.1. The molecule has 1 unspecified atom stereocenters. The van der Waals surface area contributed by atoms with E-state index in [4.69, 9.17) is 16.7 Å². The topological polar surface area (TPSA) is 101 Å². The van der Waals surface area contributed by atoms with E-state index >= 15 is 0 Å². The van der Waals surface area contributed by atoms with Gasteiger partial charge >= 0.3 is 0 Å². The molecule has 1 aliphatic heterocycles. The van der Waals surface area contributed by atoms with Gasteiger partial charge < -0.3 is 9.80 Å². The molecule has 1 aliphatic rings. The number of hydrogen-bond donors (Lipinski definition) is 1. The van der Waals surface area contributed by atoms with Gasteiger partial charge in [-0.15, -0.1) is 0 Å². The average Bonchev–Trinajstić information content (AvgIpc) is 2.80. The number of carbonyl (C=O) groups is 2. The van der Waals surface area contributed by atoms with Crippen LogP contribution in [0.15, 0.2) is 18.2 Å². The van der Waals surface area contributed by atoms with Crippen molar-refractivity contribution in [3.63, 3.8) is 0 Å². The minimum absolute atomic E-state index is 0.0328. The highest BCUT2D eigenvalue weighted by Gasteiger charge is 2.37. The van der Waals surface area contributed by atoms with E-state index in [1.54, 1.807) is 20.2 Å². The summed E-state index contributed by atoms with van der Waals surface area (Å²) in [7, 11) is -0.615. The Labute approximate surface area is 133 Å². The Morgan fingerprint density at radius 2 is 2.05 bits per heavy atom. The van der Waals surface area contributed by atoms with Crippen LogP contribution in [0.3, 0.4) is 0 Å². The van der Waals surface area contributed by atoms with Crippen LogP contribution in [0.2, 0.25) is 5.02 Å². The molecule has 7 nitrogen and oxygen atoms in total. The van der Waals surface area contributed by atoms with E-state index in [1.165, 1.54) is 21.9 Å². The van der Waals surface area contributed by atoms with Gasteiger partial charge in [-0.2, -0.15) is 0 Å². The molecule has 0 saturated carbocycles. The summed E-state index contributed by atoms with van der Waals surface area (Å²) in [5.41, 5.74) is 0.668. The number of nitrogens with two attached hydrogens (primary N) is 1. The molecule has 0 aliphatic carbocycles. The fourth-order valence-electron chi connectivity index (χ4n) is 2.23. The second-order valence-corrected chi connectivity index (χ2v) is 7.54. The molecule has 0 bridgehead atoms. The highest BCUT2D eigenvalue weighted by atomic mass is 35.5. The zero-order chi connectivity index (χ0) is 16.7. The highest BCUT2D eigenvalue weighted by molar-refractivity contribution is 7.89. The van der Waals surface area contributed by atoms with Crippen molar-refractivity contribution in [1.29, 1.82) is 0 Å². The van der Waals surface area contributed by atoms with Crippen LogP contribution in [0.5, 0.6) is 0 Å². The minimum Gasteiger partial charge on any atom is -0.345 e. The number of halogens is 1. The lowest BCUT2D eigenvalue weighted by Gasteiger charge is -2.19. The first-order valence-electron chi connectivity index (χ1n) is 6.44. The van der Waals surface area contributed by atoms with Gasteiger partial charge in [-0.05, 0) is 18.2 Å². The van der Waals surface area contributed by atoms with Crippen molar-refractivity contribution in [1.82, 2.24) is 4.90 Å². The third kappa shape index (κ3) is 3.23. The third-order valence-corrected chi connectivity index (χ3v) is 5.03. The number of sulfonamides is 1. The molecule has 0 aromatic heterocycles. The van der Waals surface area contributed by atoms with E-state index in [2.05, 4.69) is 0 Å². The van der Waals surface area contributed by atoms with Crippen LogP contribution >= 0.6 is 11.6 Å². The number of anilines is 1. The molecule has 1 aromatic carbocycles. The first kappa shape index (κ1) is 16.7. The van der Waals surface area contributed by atoms with E-state index in [0.717, 1.165) is 0 Å². The van der Waals surface area contributed by atoms with Gasteiger partial charge in [0.05, 0.1) is 10.6 Å². The number of rotatable bonds is 3. The Kier molecular flexibility index (Phi) is 4.46. The van der Waals surface area contributed by atoms with Crippen LogP contribution in [0.4, 0.5) is 5.69 Å². The predicted octanol–water partition coefficient (Wildman–Crippen LogP) is 0.436. The maximum atomic E-state index is 12.1. The number of amides is 2. The lowest BCUT2D eigenvalue weighted by atomic mass is 10.1. The van der Waals surface area contributed by atoms with Gasteiger partial charge in [0, 0.05) is 32.7 Å². The quantitative estimate of drug-likeness (QED) is 0.858. The monoisotopic (exact) mass is 345 g/mol. The van der Waals surface area contributed by atoms with Crippen molar-refractivity contribution < 1.29 is 18.0 Å². The summed E-state index contributed by atoms with van der Waals surface area (Å²) < 4.78 is 22.8. The Morgan fingerprint density at radius 3 is 2.55 bits per heavy atom. The lowest BCUT2D eigenvalue weighted by Crippen LogP contribution is -2.32. The molecular formula is C13H16ClN3O4S. The molecule has 2 N–H and O–H groups in total. The van der Waals surface area contributed by atoms with E-state index in [-0.39, 0.29) is 35.4 Å². The van der Waals surface area contributed by atoms with Crippen molar-refractivity contribution in [2.75, 3.05) is 25.5 Å². The zero-order valence-electron chi connectivity index (χ0n) is 12.1. The number of nitrogens with zero attached hydrogens (tertiary/aromatic N) is 2. The van der Waals surface area contributed by atoms with Crippen molar-refractivity contribution in [2.24, 2.45) is 5.14 Å².